The number of benzene rings is 1. The molecule has 1 N–H and O–H groups in total. The van der Waals surface area contributed by atoms with Crippen molar-refractivity contribution >= 4 is 5.91 Å². The Morgan fingerprint density at radius 2 is 1.88 bits per heavy atom. The van der Waals surface area contributed by atoms with E-state index in [0.717, 1.165) is 5.56 Å². The Kier molecular flexibility index (Phi) is 5.94. The number of hydrogen-bond donors (Lipinski definition) is 1. The summed E-state index contributed by atoms with van der Waals surface area (Å²) in [6.45, 7) is 2.30. The number of carbonyl (C=O) groups excluding carboxylic acids is 1. The van der Waals surface area contributed by atoms with E-state index in [1.165, 1.54) is 11.0 Å². The summed E-state index contributed by atoms with van der Waals surface area (Å²) in [6, 6.07) is 3.40. The van der Waals surface area contributed by atoms with Crippen LogP contribution in [0.5, 0.6) is 17.2 Å². The van der Waals surface area contributed by atoms with Crippen LogP contribution in [0.1, 0.15) is 24.9 Å². The molecule has 1 heterocycles. The van der Waals surface area contributed by atoms with Gasteiger partial charge in [-0.05, 0) is 35.0 Å². The third-order valence-electron chi connectivity index (χ3n) is 3.52. The summed E-state index contributed by atoms with van der Waals surface area (Å²) in [6.07, 6.45) is 1.75. The molecule has 0 spiro atoms. The number of rotatable bonds is 8. The first-order valence-corrected chi connectivity index (χ1v) is 7.39. The summed E-state index contributed by atoms with van der Waals surface area (Å²) in [5.74, 6) is 1.50. The van der Waals surface area contributed by atoms with Gasteiger partial charge in [0.15, 0.2) is 11.5 Å². The number of methoxy groups -OCH3 is 3. The van der Waals surface area contributed by atoms with Gasteiger partial charge in [0, 0.05) is 6.42 Å². The Bertz CT molecular complexity index is 650. The van der Waals surface area contributed by atoms with Crippen LogP contribution < -0.4 is 19.5 Å². The van der Waals surface area contributed by atoms with Crippen LogP contribution in [0.15, 0.2) is 18.5 Å². The summed E-state index contributed by atoms with van der Waals surface area (Å²) < 4.78 is 17.5. The number of carbonyl (C=O) groups is 1. The number of ether oxygens (including phenoxy) is 3. The molecule has 1 unspecified atom stereocenters. The van der Waals surface area contributed by atoms with Gasteiger partial charge in [-0.25, -0.2) is 4.68 Å². The number of nitrogens with zero attached hydrogens (tertiary/aromatic N) is 4. The Hall–Kier alpha value is -2.84. The number of aromatic nitrogens is 4. The van der Waals surface area contributed by atoms with Gasteiger partial charge >= 0.3 is 0 Å². The fourth-order valence-corrected chi connectivity index (χ4v) is 2.25. The minimum Gasteiger partial charge on any atom is -0.493 e. The Balaban J connectivity index is 2.05. The number of aryl methyl sites for hydroxylation is 1. The van der Waals surface area contributed by atoms with Crippen molar-refractivity contribution in [2.24, 2.45) is 0 Å². The van der Waals surface area contributed by atoms with Crippen LogP contribution in [0.2, 0.25) is 0 Å². The van der Waals surface area contributed by atoms with E-state index >= 15 is 0 Å². The van der Waals surface area contributed by atoms with Crippen molar-refractivity contribution < 1.29 is 19.0 Å². The second kappa shape index (κ2) is 8.14. The Labute approximate surface area is 139 Å². The van der Waals surface area contributed by atoms with Crippen LogP contribution in [0, 0.1) is 0 Å². The summed E-state index contributed by atoms with van der Waals surface area (Å²) >= 11 is 0. The van der Waals surface area contributed by atoms with E-state index in [1.807, 2.05) is 19.1 Å². The Morgan fingerprint density at radius 1 is 1.21 bits per heavy atom. The van der Waals surface area contributed by atoms with Crippen molar-refractivity contribution in [1.82, 2.24) is 25.5 Å². The van der Waals surface area contributed by atoms with Crippen molar-refractivity contribution in [2.75, 3.05) is 21.3 Å². The van der Waals surface area contributed by atoms with Crippen LogP contribution in [-0.4, -0.2) is 47.4 Å². The van der Waals surface area contributed by atoms with E-state index in [9.17, 15) is 4.79 Å². The summed E-state index contributed by atoms with van der Waals surface area (Å²) in [5.41, 5.74) is 0.847. The smallest absolute Gasteiger partial charge is 0.222 e. The molecule has 2 aromatic rings. The second-order valence-corrected chi connectivity index (χ2v) is 5.07. The number of amides is 1. The average molecular weight is 335 g/mol. The monoisotopic (exact) mass is 335 g/mol. The molecule has 1 atom stereocenters. The third-order valence-corrected chi connectivity index (χ3v) is 3.52. The second-order valence-electron chi connectivity index (χ2n) is 5.07. The lowest BCUT2D eigenvalue weighted by Gasteiger charge is -2.18. The van der Waals surface area contributed by atoms with Gasteiger partial charge in [0.1, 0.15) is 6.33 Å². The minimum atomic E-state index is -0.222. The maximum atomic E-state index is 12.1. The van der Waals surface area contributed by atoms with Gasteiger partial charge in [-0.1, -0.05) is 0 Å². The molecule has 24 heavy (non-hydrogen) atoms. The molecule has 0 aliphatic heterocycles. The molecule has 1 amide bonds. The zero-order chi connectivity index (χ0) is 17.5. The molecule has 130 valence electrons. The molecule has 0 aliphatic carbocycles. The molecule has 2 rings (SSSR count). The third kappa shape index (κ3) is 4.12. The molecule has 0 radical (unpaired) electrons. The predicted molar refractivity (Wildman–Crippen MR) is 85.1 cm³/mol. The fourth-order valence-electron chi connectivity index (χ4n) is 2.25. The van der Waals surface area contributed by atoms with Crippen LogP contribution in [0.4, 0.5) is 0 Å². The average Bonchev–Trinajstić information content (AvgIpc) is 3.11. The highest BCUT2D eigenvalue weighted by atomic mass is 16.5. The lowest BCUT2D eigenvalue weighted by atomic mass is 10.1. The summed E-state index contributed by atoms with van der Waals surface area (Å²) in [7, 11) is 4.65. The summed E-state index contributed by atoms with van der Waals surface area (Å²) in [4.78, 5) is 12.1. The van der Waals surface area contributed by atoms with Crippen LogP contribution in [-0.2, 0) is 11.3 Å². The molecule has 9 nitrogen and oxygen atoms in total. The maximum absolute atomic E-state index is 12.1. The Morgan fingerprint density at radius 3 is 2.38 bits per heavy atom. The highest BCUT2D eigenvalue weighted by molar-refractivity contribution is 5.76. The van der Waals surface area contributed by atoms with E-state index in [-0.39, 0.29) is 18.4 Å². The highest BCUT2D eigenvalue weighted by Crippen LogP contribution is 2.39. The van der Waals surface area contributed by atoms with Gasteiger partial charge in [-0.15, -0.1) is 5.10 Å². The molecule has 0 aliphatic rings. The minimum absolute atomic E-state index is 0.105. The van der Waals surface area contributed by atoms with Crippen molar-refractivity contribution in [1.29, 1.82) is 0 Å². The van der Waals surface area contributed by atoms with Gasteiger partial charge in [0.2, 0.25) is 11.7 Å². The predicted octanol–water partition coefficient (Wildman–Crippen LogP) is 0.966. The first-order chi connectivity index (χ1) is 11.6. The van der Waals surface area contributed by atoms with Gasteiger partial charge in [-0.2, -0.15) is 0 Å². The number of tetrazole rings is 1. The zero-order valence-electron chi connectivity index (χ0n) is 14.1. The molecule has 0 bridgehead atoms. The van der Waals surface area contributed by atoms with E-state index in [0.29, 0.717) is 23.8 Å². The fraction of sp³-hybridized carbons (Fsp3) is 0.467. The molecule has 0 saturated carbocycles. The molecular weight excluding hydrogens is 314 g/mol. The first-order valence-electron chi connectivity index (χ1n) is 7.39. The molecule has 0 fully saturated rings. The largest absolute Gasteiger partial charge is 0.493 e. The van der Waals surface area contributed by atoms with Gasteiger partial charge in [0.25, 0.3) is 0 Å². The van der Waals surface area contributed by atoms with Crippen molar-refractivity contribution in [3.8, 4) is 17.2 Å². The van der Waals surface area contributed by atoms with Gasteiger partial charge in [0.05, 0.1) is 33.9 Å². The van der Waals surface area contributed by atoms with Crippen LogP contribution in [0.25, 0.3) is 0 Å². The van der Waals surface area contributed by atoms with E-state index in [2.05, 4.69) is 20.8 Å². The molecule has 0 saturated heterocycles. The molecule has 9 heteroatoms. The molecule has 1 aromatic heterocycles. The van der Waals surface area contributed by atoms with E-state index in [4.69, 9.17) is 14.2 Å². The van der Waals surface area contributed by atoms with Crippen molar-refractivity contribution in [3.63, 3.8) is 0 Å². The van der Waals surface area contributed by atoms with E-state index in [1.54, 1.807) is 21.3 Å². The lowest BCUT2D eigenvalue weighted by Crippen LogP contribution is -2.27. The number of nitrogens with one attached hydrogen (secondary N) is 1. The van der Waals surface area contributed by atoms with Gasteiger partial charge < -0.3 is 19.5 Å². The number of hydrogen-bond acceptors (Lipinski definition) is 7. The quantitative estimate of drug-likeness (QED) is 0.767. The molecular formula is C15H21N5O4. The van der Waals surface area contributed by atoms with Gasteiger partial charge in [-0.3, -0.25) is 4.79 Å². The lowest BCUT2D eigenvalue weighted by molar-refractivity contribution is -0.122. The standard InChI is InChI=1S/C15H21N5O4/c1-10(17-14(21)5-6-20-9-16-18-19-20)11-7-12(22-2)15(24-4)13(8-11)23-3/h7-10H,5-6H2,1-4H3,(H,17,21). The zero-order valence-corrected chi connectivity index (χ0v) is 14.1. The SMILES string of the molecule is COc1cc(C(C)NC(=O)CCn2cnnn2)cc(OC)c1OC. The van der Waals surface area contributed by atoms with Crippen molar-refractivity contribution in [3.05, 3.63) is 24.0 Å². The van der Waals surface area contributed by atoms with E-state index < -0.39 is 0 Å². The first kappa shape index (κ1) is 17.5. The van der Waals surface area contributed by atoms with Crippen molar-refractivity contribution in [2.45, 2.75) is 25.9 Å². The molecule has 1 aromatic carbocycles. The highest BCUT2D eigenvalue weighted by Gasteiger charge is 2.17. The normalized spacial score (nSPS) is 11.7. The van der Waals surface area contributed by atoms with Crippen LogP contribution in [0.3, 0.4) is 0 Å². The summed E-state index contributed by atoms with van der Waals surface area (Å²) in [5, 5.41) is 13.7. The van der Waals surface area contributed by atoms with Crippen LogP contribution >= 0.6 is 0 Å². The topological polar surface area (TPSA) is 100 Å². The maximum Gasteiger partial charge on any atom is 0.222 e.